The van der Waals surface area contributed by atoms with E-state index in [4.69, 9.17) is 4.74 Å². The Morgan fingerprint density at radius 3 is 2.59 bits per heavy atom. The van der Waals surface area contributed by atoms with Gasteiger partial charge in [0.25, 0.3) is 0 Å². The monoisotopic (exact) mass is 234 g/mol. The first-order valence-corrected chi connectivity index (χ1v) is 6.57. The maximum Gasteiger partial charge on any atom is 0.160 e. The zero-order chi connectivity index (χ0) is 12.1. The molecule has 1 fully saturated rings. The predicted octanol–water partition coefficient (Wildman–Crippen LogP) is 3.53. The molecule has 1 aromatic heterocycles. The van der Waals surface area contributed by atoms with Crippen LogP contribution in [0.25, 0.3) is 0 Å². The number of ether oxygens (including phenoxy) is 1. The summed E-state index contributed by atoms with van der Waals surface area (Å²) in [5, 5.41) is 3.62. The highest BCUT2D eigenvalue weighted by Crippen LogP contribution is 2.27. The van der Waals surface area contributed by atoms with Crippen LogP contribution < -0.4 is 10.1 Å². The molecule has 1 saturated carbocycles. The van der Waals surface area contributed by atoms with Crippen LogP contribution >= 0.6 is 0 Å². The van der Waals surface area contributed by atoms with Gasteiger partial charge in [-0.15, -0.1) is 0 Å². The molecule has 1 aromatic rings. The summed E-state index contributed by atoms with van der Waals surface area (Å²) in [6.07, 6.45) is 9.77. The van der Waals surface area contributed by atoms with Crippen LogP contribution in [0.3, 0.4) is 0 Å². The van der Waals surface area contributed by atoms with E-state index in [1.807, 2.05) is 6.92 Å². The van der Waals surface area contributed by atoms with Gasteiger partial charge in [0.1, 0.15) is 0 Å². The smallest absolute Gasteiger partial charge is 0.160 e. The second kappa shape index (κ2) is 5.89. The Morgan fingerprint density at radius 2 is 1.94 bits per heavy atom. The van der Waals surface area contributed by atoms with Crippen LogP contribution in [0.15, 0.2) is 12.3 Å². The SMILES string of the molecule is COc1cnc(C)cc1NC1CCCCCC1. The van der Waals surface area contributed by atoms with E-state index in [1.165, 1.54) is 38.5 Å². The molecule has 1 aliphatic rings. The lowest BCUT2D eigenvalue weighted by molar-refractivity contribution is 0.413. The van der Waals surface area contributed by atoms with E-state index in [1.54, 1.807) is 13.3 Å². The number of nitrogens with one attached hydrogen (secondary N) is 1. The van der Waals surface area contributed by atoms with Crippen molar-refractivity contribution in [2.75, 3.05) is 12.4 Å². The van der Waals surface area contributed by atoms with Crippen LogP contribution in [0, 0.1) is 6.92 Å². The van der Waals surface area contributed by atoms with Gasteiger partial charge in [-0.1, -0.05) is 25.7 Å². The number of aromatic nitrogens is 1. The molecule has 0 aromatic carbocycles. The average Bonchev–Trinajstić information content (AvgIpc) is 2.58. The molecule has 2 rings (SSSR count). The van der Waals surface area contributed by atoms with Gasteiger partial charge in [-0.3, -0.25) is 4.98 Å². The number of hydrogen-bond acceptors (Lipinski definition) is 3. The minimum Gasteiger partial charge on any atom is -0.493 e. The molecule has 0 bridgehead atoms. The Hall–Kier alpha value is -1.25. The highest BCUT2D eigenvalue weighted by atomic mass is 16.5. The Morgan fingerprint density at radius 1 is 1.24 bits per heavy atom. The van der Waals surface area contributed by atoms with E-state index in [9.17, 15) is 0 Å². The Balaban J connectivity index is 2.07. The molecule has 0 spiro atoms. The third kappa shape index (κ3) is 3.35. The molecule has 0 radical (unpaired) electrons. The van der Waals surface area contributed by atoms with Crippen molar-refractivity contribution in [2.24, 2.45) is 0 Å². The van der Waals surface area contributed by atoms with Crippen LogP contribution in [-0.2, 0) is 0 Å². The molecule has 0 aliphatic heterocycles. The summed E-state index contributed by atoms with van der Waals surface area (Å²) in [5.74, 6) is 0.847. The van der Waals surface area contributed by atoms with Crippen molar-refractivity contribution in [3.05, 3.63) is 18.0 Å². The maximum absolute atomic E-state index is 5.35. The van der Waals surface area contributed by atoms with Gasteiger partial charge >= 0.3 is 0 Å². The molecule has 0 amide bonds. The van der Waals surface area contributed by atoms with Crippen LogP contribution in [0.4, 0.5) is 5.69 Å². The first kappa shape index (κ1) is 12.2. The normalized spacial score (nSPS) is 17.5. The van der Waals surface area contributed by atoms with Crippen molar-refractivity contribution in [3.8, 4) is 5.75 Å². The molecular weight excluding hydrogens is 212 g/mol. The quantitative estimate of drug-likeness (QED) is 0.812. The van der Waals surface area contributed by atoms with Gasteiger partial charge in [-0.2, -0.15) is 0 Å². The van der Waals surface area contributed by atoms with Crippen molar-refractivity contribution < 1.29 is 4.74 Å². The minimum atomic E-state index is 0.591. The van der Waals surface area contributed by atoms with Gasteiger partial charge in [0, 0.05) is 11.7 Å². The van der Waals surface area contributed by atoms with E-state index in [0.717, 1.165) is 17.1 Å². The third-order valence-corrected chi connectivity index (χ3v) is 3.44. The summed E-state index contributed by atoms with van der Waals surface area (Å²) < 4.78 is 5.35. The summed E-state index contributed by atoms with van der Waals surface area (Å²) >= 11 is 0. The van der Waals surface area contributed by atoms with E-state index in [-0.39, 0.29) is 0 Å². The molecule has 94 valence electrons. The molecule has 3 heteroatoms. The fraction of sp³-hybridized carbons (Fsp3) is 0.643. The summed E-state index contributed by atoms with van der Waals surface area (Å²) in [6.45, 7) is 2.01. The van der Waals surface area contributed by atoms with Crippen molar-refractivity contribution in [2.45, 2.75) is 51.5 Å². The summed E-state index contributed by atoms with van der Waals surface area (Å²) in [4.78, 5) is 4.26. The number of anilines is 1. The van der Waals surface area contributed by atoms with Crippen molar-refractivity contribution in [1.82, 2.24) is 4.98 Å². The van der Waals surface area contributed by atoms with Crippen molar-refractivity contribution >= 4 is 5.69 Å². The summed E-state index contributed by atoms with van der Waals surface area (Å²) in [7, 11) is 1.70. The molecule has 3 nitrogen and oxygen atoms in total. The number of hydrogen-bond donors (Lipinski definition) is 1. The van der Waals surface area contributed by atoms with Crippen LogP contribution in [0.5, 0.6) is 5.75 Å². The molecule has 1 aliphatic carbocycles. The lowest BCUT2D eigenvalue weighted by Gasteiger charge is -2.19. The van der Waals surface area contributed by atoms with Crippen molar-refractivity contribution in [1.29, 1.82) is 0 Å². The van der Waals surface area contributed by atoms with E-state index in [2.05, 4.69) is 16.4 Å². The molecular formula is C14H22N2O. The topological polar surface area (TPSA) is 34.1 Å². The lowest BCUT2D eigenvalue weighted by Crippen LogP contribution is -2.18. The molecule has 0 unspecified atom stereocenters. The first-order valence-electron chi connectivity index (χ1n) is 6.57. The number of methoxy groups -OCH3 is 1. The van der Waals surface area contributed by atoms with Gasteiger partial charge in [-0.05, 0) is 25.8 Å². The molecule has 1 heterocycles. The summed E-state index contributed by atoms with van der Waals surface area (Å²) in [6, 6.07) is 2.66. The van der Waals surface area contributed by atoms with Gasteiger partial charge in [-0.25, -0.2) is 0 Å². The average molecular weight is 234 g/mol. The number of aryl methyl sites for hydroxylation is 1. The minimum absolute atomic E-state index is 0.591. The number of rotatable bonds is 3. The maximum atomic E-state index is 5.35. The van der Waals surface area contributed by atoms with E-state index >= 15 is 0 Å². The molecule has 0 atom stereocenters. The van der Waals surface area contributed by atoms with E-state index < -0.39 is 0 Å². The van der Waals surface area contributed by atoms with Crippen molar-refractivity contribution in [3.63, 3.8) is 0 Å². The highest BCUT2D eigenvalue weighted by molar-refractivity contribution is 5.56. The Bertz CT molecular complexity index is 357. The zero-order valence-corrected chi connectivity index (χ0v) is 10.8. The first-order chi connectivity index (χ1) is 8.29. The highest BCUT2D eigenvalue weighted by Gasteiger charge is 2.14. The lowest BCUT2D eigenvalue weighted by atomic mass is 10.1. The van der Waals surface area contributed by atoms with Gasteiger partial charge in [0.05, 0.1) is 19.0 Å². The number of nitrogens with zero attached hydrogens (tertiary/aromatic N) is 1. The molecule has 1 N–H and O–H groups in total. The fourth-order valence-electron chi connectivity index (χ4n) is 2.47. The molecule has 17 heavy (non-hydrogen) atoms. The van der Waals surface area contributed by atoms with Gasteiger partial charge in [0.2, 0.25) is 0 Å². The third-order valence-electron chi connectivity index (χ3n) is 3.44. The van der Waals surface area contributed by atoms with Crippen LogP contribution in [-0.4, -0.2) is 18.1 Å². The van der Waals surface area contributed by atoms with Gasteiger partial charge < -0.3 is 10.1 Å². The largest absolute Gasteiger partial charge is 0.493 e. The Labute approximate surface area is 104 Å². The summed E-state index contributed by atoms with van der Waals surface area (Å²) in [5.41, 5.74) is 2.12. The predicted molar refractivity (Wildman–Crippen MR) is 70.6 cm³/mol. The van der Waals surface area contributed by atoms with Crippen LogP contribution in [0.2, 0.25) is 0 Å². The second-order valence-corrected chi connectivity index (χ2v) is 4.86. The second-order valence-electron chi connectivity index (χ2n) is 4.86. The Kier molecular flexibility index (Phi) is 4.24. The number of pyridine rings is 1. The van der Waals surface area contributed by atoms with Gasteiger partial charge in [0.15, 0.2) is 5.75 Å². The van der Waals surface area contributed by atoms with E-state index in [0.29, 0.717) is 6.04 Å². The molecule has 0 saturated heterocycles. The zero-order valence-electron chi connectivity index (χ0n) is 10.8. The van der Waals surface area contributed by atoms with Crippen LogP contribution in [0.1, 0.15) is 44.2 Å². The standard InChI is InChI=1S/C14H22N2O/c1-11-9-13(14(17-2)10-15-11)16-12-7-5-3-4-6-8-12/h9-10,12H,3-8H2,1-2H3,(H,15,16). The fourth-order valence-corrected chi connectivity index (χ4v) is 2.47.